The number of nitrogens with zero attached hydrogens (tertiary/aromatic N) is 4. The Balaban J connectivity index is 2.25. The van der Waals surface area contributed by atoms with Crippen molar-refractivity contribution < 1.29 is 5.11 Å². The van der Waals surface area contributed by atoms with Gasteiger partial charge in [0.15, 0.2) is 0 Å². The lowest BCUT2D eigenvalue weighted by Crippen LogP contribution is -2.10. The maximum Gasteiger partial charge on any atom is 0.141 e. The summed E-state index contributed by atoms with van der Waals surface area (Å²) in [4.78, 5) is 0. The van der Waals surface area contributed by atoms with E-state index in [4.69, 9.17) is 0 Å². The summed E-state index contributed by atoms with van der Waals surface area (Å²) < 4.78 is 1.78. The molecule has 0 bridgehead atoms. The van der Waals surface area contributed by atoms with E-state index in [-0.39, 0.29) is 0 Å². The van der Waals surface area contributed by atoms with Crippen LogP contribution in [-0.4, -0.2) is 30.3 Å². The average molecular weight is 207 g/mol. The molecule has 80 valence electrons. The fourth-order valence-electron chi connectivity index (χ4n) is 1.47. The minimum absolute atomic E-state index is 0.507. The molecule has 1 unspecified atom stereocenters. The molecule has 0 saturated heterocycles. The summed E-state index contributed by atoms with van der Waals surface area (Å²) in [6.07, 6.45) is 3.39. The fourth-order valence-corrected chi connectivity index (χ4v) is 1.47. The molecule has 6 nitrogen and oxygen atoms in total. The summed E-state index contributed by atoms with van der Waals surface area (Å²) >= 11 is 0. The molecule has 15 heavy (non-hydrogen) atoms. The molecular weight excluding hydrogens is 194 g/mol. The van der Waals surface area contributed by atoms with Gasteiger partial charge in [0.05, 0.1) is 11.9 Å². The zero-order valence-corrected chi connectivity index (χ0v) is 8.46. The molecule has 0 radical (unpaired) electrons. The summed E-state index contributed by atoms with van der Waals surface area (Å²) in [6, 6.07) is 1.79. The Morgan fingerprint density at radius 3 is 3.13 bits per heavy atom. The van der Waals surface area contributed by atoms with Crippen molar-refractivity contribution in [2.45, 2.75) is 26.0 Å². The van der Waals surface area contributed by atoms with Crippen molar-refractivity contribution in [1.29, 1.82) is 0 Å². The van der Waals surface area contributed by atoms with Crippen molar-refractivity contribution in [1.82, 2.24) is 25.2 Å². The molecule has 0 aliphatic rings. The second-order valence-corrected chi connectivity index (χ2v) is 3.28. The van der Waals surface area contributed by atoms with Crippen molar-refractivity contribution in [2.75, 3.05) is 0 Å². The molecule has 2 aromatic heterocycles. The Kier molecular flexibility index (Phi) is 2.77. The maximum absolute atomic E-state index is 9.99. The van der Waals surface area contributed by atoms with E-state index in [1.165, 1.54) is 6.20 Å². The van der Waals surface area contributed by atoms with Gasteiger partial charge in [0, 0.05) is 12.7 Å². The van der Waals surface area contributed by atoms with Crippen LogP contribution in [0.4, 0.5) is 0 Å². The fraction of sp³-hybridized carbons (Fsp3) is 0.444. The summed E-state index contributed by atoms with van der Waals surface area (Å²) in [6.45, 7) is 2.85. The predicted octanol–water partition coefficient (Wildman–Crippen LogP) is 0.493. The molecule has 0 fully saturated rings. The van der Waals surface area contributed by atoms with Crippen LogP contribution in [0, 0.1) is 0 Å². The molecule has 0 aromatic carbocycles. The lowest BCUT2D eigenvalue weighted by molar-refractivity contribution is 0.202. The molecule has 2 heterocycles. The van der Waals surface area contributed by atoms with E-state index in [1.807, 2.05) is 0 Å². The number of hydrogen-bond acceptors (Lipinski definition) is 4. The van der Waals surface area contributed by atoms with Crippen LogP contribution in [0.2, 0.25) is 0 Å². The third kappa shape index (κ3) is 1.89. The van der Waals surface area contributed by atoms with Gasteiger partial charge in [-0.1, -0.05) is 6.92 Å². The summed E-state index contributed by atoms with van der Waals surface area (Å²) in [5.74, 6) is 0. The van der Waals surface area contributed by atoms with Crippen LogP contribution < -0.4 is 0 Å². The van der Waals surface area contributed by atoms with E-state index in [0.717, 1.165) is 18.7 Å². The number of aromatic amines is 1. The highest BCUT2D eigenvalue weighted by molar-refractivity contribution is 5.15. The smallest absolute Gasteiger partial charge is 0.141 e. The third-order valence-electron chi connectivity index (χ3n) is 2.18. The van der Waals surface area contributed by atoms with Crippen molar-refractivity contribution in [3.05, 3.63) is 29.8 Å². The van der Waals surface area contributed by atoms with Gasteiger partial charge in [-0.3, -0.25) is 4.68 Å². The Morgan fingerprint density at radius 2 is 2.47 bits per heavy atom. The van der Waals surface area contributed by atoms with Gasteiger partial charge >= 0.3 is 0 Å². The summed E-state index contributed by atoms with van der Waals surface area (Å²) in [7, 11) is 0. The van der Waals surface area contributed by atoms with Gasteiger partial charge in [0.1, 0.15) is 11.8 Å². The number of aryl methyl sites for hydroxylation is 1. The maximum atomic E-state index is 9.99. The van der Waals surface area contributed by atoms with Gasteiger partial charge < -0.3 is 5.11 Å². The highest BCUT2D eigenvalue weighted by Crippen LogP contribution is 2.18. The van der Waals surface area contributed by atoms with Crippen LogP contribution in [0.1, 0.15) is 30.8 Å². The normalized spacial score (nSPS) is 12.9. The molecule has 0 aliphatic carbocycles. The zero-order valence-electron chi connectivity index (χ0n) is 8.46. The number of hydrogen-bond donors (Lipinski definition) is 2. The lowest BCUT2D eigenvalue weighted by Gasteiger charge is -2.09. The average Bonchev–Trinajstić information content (AvgIpc) is 2.87. The molecule has 2 rings (SSSR count). The molecule has 0 aliphatic heterocycles. The first-order valence-electron chi connectivity index (χ1n) is 4.88. The highest BCUT2D eigenvalue weighted by atomic mass is 16.3. The lowest BCUT2D eigenvalue weighted by atomic mass is 10.2. The Hall–Kier alpha value is -1.69. The number of aromatic nitrogens is 5. The molecular formula is C9H13N5O. The first-order valence-corrected chi connectivity index (χ1v) is 4.88. The summed E-state index contributed by atoms with van der Waals surface area (Å²) in [5.41, 5.74) is 1.25. The van der Waals surface area contributed by atoms with Crippen molar-refractivity contribution in [3.63, 3.8) is 0 Å². The van der Waals surface area contributed by atoms with Gasteiger partial charge in [-0.25, -0.2) is 0 Å². The van der Waals surface area contributed by atoms with Gasteiger partial charge in [0.2, 0.25) is 0 Å². The van der Waals surface area contributed by atoms with Crippen LogP contribution in [0.5, 0.6) is 0 Å². The van der Waals surface area contributed by atoms with Crippen LogP contribution in [0.25, 0.3) is 0 Å². The molecule has 2 N–H and O–H groups in total. The topological polar surface area (TPSA) is 79.6 Å². The van der Waals surface area contributed by atoms with E-state index in [1.54, 1.807) is 16.9 Å². The van der Waals surface area contributed by atoms with Crippen LogP contribution >= 0.6 is 0 Å². The van der Waals surface area contributed by atoms with Crippen LogP contribution in [0.15, 0.2) is 18.5 Å². The van der Waals surface area contributed by atoms with E-state index < -0.39 is 6.10 Å². The minimum Gasteiger partial charge on any atom is -0.380 e. The second kappa shape index (κ2) is 4.22. The van der Waals surface area contributed by atoms with E-state index >= 15 is 0 Å². The van der Waals surface area contributed by atoms with Gasteiger partial charge in [-0.05, 0) is 12.5 Å². The Bertz CT molecular complexity index is 408. The van der Waals surface area contributed by atoms with Crippen molar-refractivity contribution in [2.24, 2.45) is 0 Å². The van der Waals surface area contributed by atoms with Gasteiger partial charge in [-0.15, -0.1) is 0 Å². The number of aliphatic hydroxyl groups excluding tert-OH is 1. The SMILES string of the molecule is CCCn1nccc1C(O)c1cn[nH]n1. The molecule has 0 spiro atoms. The third-order valence-corrected chi connectivity index (χ3v) is 2.18. The summed E-state index contributed by atoms with van der Waals surface area (Å²) in [5, 5.41) is 24.1. The number of H-pyrrole nitrogens is 1. The molecule has 1 atom stereocenters. The number of nitrogens with one attached hydrogen (secondary N) is 1. The van der Waals surface area contributed by atoms with Gasteiger partial charge in [0.25, 0.3) is 0 Å². The largest absolute Gasteiger partial charge is 0.380 e. The Morgan fingerprint density at radius 1 is 1.60 bits per heavy atom. The standard InChI is InChI=1S/C9H13N5O/c1-2-5-14-8(3-4-11-14)9(15)7-6-10-13-12-7/h3-4,6,9,15H,2,5H2,1H3,(H,10,12,13). The quantitative estimate of drug-likeness (QED) is 0.764. The molecule has 2 aromatic rings. The van der Waals surface area contributed by atoms with Crippen LogP contribution in [0.3, 0.4) is 0 Å². The van der Waals surface area contributed by atoms with Gasteiger partial charge in [-0.2, -0.15) is 20.5 Å². The molecule has 6 heteroatoms. The van der Waals surface area contributed by atoms with E-state index in [9.17, 15) is 5.11 Å². The highest BCUT2D eigenvalue weighted by Gasteiger charge is 2.17. The Labute approximate surface area is 86.9 Å². The first kappa shape index (κ1) is 9.85. The number of rotatable bonds is 4. The van der Waals surface area contributed by atoms with Crippen molar-refractivity contribution in [3.8, 4) is 0 Å². The number of aliphatic hydroxyl groups is 1. The molecule has 0 saturated carbocycles. The molecule has 0 amide bonds. The second-order valence-electron chi connectivity index (χ2n) is 3.28. The predicted molar refractivity (Wildman–Crippen MR) is 53.0 cm³/mol. The first-order chi connectivity index (χ1) is 7.33. The van der Waals surface area contributed by atoms with Crippen LogP contribution in [-0.2, 0) is 6.54 Å². The van der Waals surface area contributed by atoms with Crippen molar-refractivity contribution >= 4 is 0 Å². The van der Waals surface area contributed by atoms with E-state index in [2.05, 4.69) is 27.4 Å². The zero-order chi connectivity index (χ0) is 10.7. The monoisotopic (exact) mass is 207 g/mol. The minimum atomic E-state index is -0.766. The van der Waals surface area contributed by atoms with E-state index in [0.29, 0.717) is 5.69 Å².